The molecule has 20 heavy (non-hydrogen) atoms. The standard InChI is InChI=1S/C13H25NO4S2/c1-10(2)9(14-18-8)13(7,19-20(15,16)17)12(5,6)11(10,3)4/h1-8H3,(H,15,16,17). The number of nitrogens with zero attached hydrogens (tertiary/aromatic N) is 1. The largest absolute Gasteiger partial charge is 0.399 e. The van der Waals surface area contributed by atoms with Gasteiger partial charge in [0, 0.05) is 16.2 Å². The van der Waals surface area contributed by atoms with Crippen molar-refractivity contribution in [2.45, 2.75) is 53.2 Å². The van der Waals surface area contributed by atoms with E-state index in [1.54, 1.807) is 6.92 Å². The Balaban J connectivity index is 3.67. The van der Waals surface area contributed by atoms with Crippen LogP contribution in [0.4, 0.5) is 0 Å². The molecule has 1 saturated carbocycles. The normalized spacial score (nSPS) is 33.4. The van der Waals surface area contributed by atoms with E-state index in [1.807, 2.05) is 27.7 Å². The molecule has 0 aromatic carbocycles. The summed E-state index contributed by atoms with van der Waals surface area (Å²) in [6, 6.07) is 0. The van der Waals surface area contributed by atoms with Gasteiger partial charge in [-0.15, -0.1) is 0 Å². The van der Waals surface area contributed by atoms with Gasteiger partial charge >= 0.3 is 9.15 Å². The average molecular weight is 323 g/mol. The highest BCUT2D eigenvalue weighted by molar-refractivity contribution is 8.70. The van der Waals surface area contributed by atoms with Crippen LogP contribution in [0.25, 0.3) is 0 Å². The van der Waals surface area contributed by atoms with Crippen molar-refractivity contribution >= 4 is 25.7 Å². The van der Waals surface area contributed by atoms with Crippen LogP contribution < -0.4 is 0 Å². The third-order valence-corrected chi connectivity index (χ3v) is 8.70. The molecule has 1 fully saturated rings. The average Bonchev–Trinajstić information content (AvgIpc) is 2.27. The predicted octanol–water partition coefficient (Wildman–Crippen LogP) is 3.38. The molecule has 1 aliphatic carbocycles. The van der Waals surface area contributed by atoms with Crippen molar-refractivity contribution in [3.05, 3.63) is 0 Å². The van der Waals surface area contributed by atoms with Crippen molar-refractivity contribution in [2.75, 3.05) is 7.11 Å². The summed E-state index contributed by atoms with van der Waals surface area (Å²) in [7, 11) is -2.22. The van der Waals surface area contributed by atoms with Crippen molar-refractivity contribution in [2.24, 2.45) is 21.4 Å². The molecule has 0 aromatic rings. The van der Waals surface area contributed by atoms with E-state index in [9.17, 15) is 13.0 Å². The Hall–Kier alpha value is -0.270. The maximum absolute atomic E-state index is 11.5. The molecule has 0 bridgehead atoms. The smallest absolute Gasteiger partial charge is 0.320 e. The summed E-state index contributed by atoms with van der Waals surface area (Å²) < 4.78 is 31.4. The molecule has 0 amide bonds. The fraction of sp³-hybridized carbons (Fsp3) is 0.923. The summed E-state index contributed by atoms with van der Waals surface area (Å²) >= 11 is 0. The van der Waals surface area contributed by atoms with Gasteiger partial charge in [-0.3, -0.25) is 4.55 Å². The molecule has 0 aromatic heterocycles. The van der Waals surface area contributed by atoms with Gasteiger partial charge in [-0.1, -0.05) is 46.7 Å². The highest BCUT2D eigenvalue weighted by atomic mass is 33.1. The summed E-state index contributed by atoms with van der Waals surface area (Å²) in [6.45, 7) is 14.1. The van der Waals surface area contributed by atoms with E-state index in [-0.39, 0.29) is 10.8 Å². The van der Waals surface area contributed by atoms with Crippen LogP contribution in [-0.4, -0.2) is 30.5 Å². The molecule has 7 heteroatoms. The van der Waals surface area contributed by atoms with Crippen molar-refractivity contribution in [1.82, 2.24) is 0 Å². The first-order valence-corrected chi connectivity index (χ1v) is 9.22. The van der Waals surface area contributed by atoms with Gasteiger partial charge in [-0.05, 0) is 17.8 Å². The summed E-state index contributed by atoms with van der Waals surface area (Å²) in [4.78, 5) is 4.96. The van der Waals surface area contributed by atoms with Gasteiger partial charge < -0.3 is 4.84 Å². The number of rotatable bonds is 3. The fourth-order valence-corrected chi connectivity index (χ4v) is 6.59. The Morgan fingerprint density at radius 2 is 1.50 bits per heavy atom. The molecule has 1 unspecified atom stereocenters. The molecule has 0 radical (unpaired) electrons. The first-order valence-electron chi connectivity index (χ1n) is 6.45. The van der Waals surface area contributed by atoms with Crippen molar-refractivity contribution in [1.29, 1.82) is 0 Å². The minimum atomic E-state index is -4.21. The molecule has 1 atom stereocenters. The molecule has 0 aliphatic heterocycles. The van der Waals surface area contributed by atoms with Crippen LogP contribution in [0.3, 0.4) is 0 Å². The van der Waals surface area contributed by atoms with E-state index in [4.69, 9.17) is 4.84 Å². The molecule has 118 valence electrons. The second-order valence-corrected chi connectivity index (χ2v) is 10.6. The van der Waals surface area contributed by atoms with E-state index in [1.165, 1.54) is 7.11 Å². The molecule has 0 saturated heterocycles. The van der Waals surface area contributed by atoms with Gasteiger partial charge in [-0.2, -0.15) is 8.42 Å². The molecular weight excluding hydrogens is 298 g/mol. The summed E-state index contributed by atoms with van der Waals surface area (Å²) in [5, 5.41) is 4.13. The maximum Gasteiger partial charge on any atom is 0.320 e. The second kappa shape index (κ2) is 4.61. The molecule has 0 heterocycles. The van der Waals surface area contributed by atoms with E-state index in [2.05, 4.69) is 19.0 Å². The number of hydrogen-bond donors (Lipinski definition) is 1. The Morgan fingerprint density at radius 3 is 1.85 bits per heavy atom. The predicted molar refractivity (Wildman–Crippen MR) is 83.3 cm³/mol. The van der Waals surface area contributed by atoms with Crippen LogP contribution in [0.2, 0.25) is 0 Å². The van der Waals surface area contributed by atoms with Gasteiger partial charge in [0.25, 0.3) is 0 Å². The Labute approximate surface area is 125 Å². The molecule has 1 rings (SSSR count). The highest BCUT2D eigenvalue weighted by Crippen LogP contribution is 2.69. The van der Waals surface area contributed by atoms with E-state index in [0.717, 1.165) is 0 Å². The lowest BCUT2D eigenvalue weighted by atomic mass is 9.60. The molecule has 5 nitrogen and oxygen atoms in total. The Bertz CT molecular complexity index is 535. The van der Waals surface area contributed by atoms with E-state index in [0.29, 0.717) is 16.5 Å². The van der Waals surface area contributed by atoms with Crippen molar-refractivity contribution in [3.8, 4) is 0 Å². The lowest BCUT2D eigenvalue weighted by Gasteiger charge is -2.46. The first-order chi connectivity index (χ1) is 8.65. The summed E-state index contributed by atoms with van der Waals surface area (Å²) in [6.07, 6.45) is 0. The van der Waals surface area contributed by atoms with Crippen LogP contribution in [0.15, 0.2) is 5.16 Å². The lowest BCUT2D eigenvalue weighted by molar-refractivity contribution is 0.0532. The molecule has 1 aliphatic rings. The van der Waals surface area contributed by atoms with Gasteiger partial charge in [0.1, 0.15) is 7.11 Å². The summed E-state index contributed by atoms with van der Waals surface area (Å²) in [5.41, 5.74) is -0.408. The van der Waals surface area contributed by atoms with Crippen LogP contribution in [0, 0.1) is 16.2 Å². The third-order valence-electron chi connectivity index (χ3n) is 5.82. The minimum Gasteiger partial charge on any atom is -0.399 e. The van der Waals surface area contributed by atoms with Crippen LogP contribution in [0.1, 0.15) is 48.5 Å². The second-order valence-electron chi connectivity index (χ2n) is 7.04. The van der Waals surface area contributed by atoms with Gasteiger partial charge in [0.05, 0.1) is 10.5 Å². The van der Waals surface area contributed by atoms with Gasteiger partial charge in [0.2, 0.25) is 0 Å². The zero-order valence-electron chi connectivity index (χ0n) is 13.4. The molecule has 1 N–H and O–H groups in total. The SMILES string of the molecule is CON=C1C(C)(C)C(C)(C)C(C)(C)C1(C)SS(=O)(=O)O. The zero-order valence-corrected chi connectivity index (χ0v) is 15.1. The van der Waals surface area contributed by atoms with Crippen LogP contribution >= 0.6 is 10.8 Å². The number of oxime groups is 1. The zero-order chi connectivity index (χ0) is 16.2. The van der Waals surface area contributed by atoms with E-state index >= 15 is 0 Å². The topological polar surface area (TPSA) is 76.0 Å². The highest BCUT2D eigenvalue weighted by Gasteiger charge is 2.70. The van der Waals surface area contributed by atoms with Gasteiger partial charge in [-0.25, -0.2) is 0 Å². The Morgan fingerprint density at radius 1 is 1.05 bits per heavy atom. The Kier molecular flexibility index (Phi) is 4.10. The molecule has 0 spiro atoms. The third kappa shape index (κ3) is 2.18. The maximum atomic E-state index is 11.5. The van der Waals surface area contributed by atoms with Crippen LogP contribution in [-0.2, 0) is 14.0 Å². The quantitative estimate of drug-likeness (QED) is 0.489. The van der Waals surface area contributed by atoms with E-state index < -0.39 is 19.3 Å². The minimum absolute atomic E-state index is 0.246. The van der Waals surface area contributed by atoms with Crippen molar-refractivity contribution in [3.63, 3.8) is 0 Å². The number of hydrogen-bond acceptors (Lipinski definition) is 5. The van der Waals surface area contributed by atoms with Crippen molar-refractivity contribution < 1.29 is 17.8 Å². The lowest BCUT2D eigenvalue weighted by Crippen LogP contribution is -2.45. The monoisotopic (exact) mass is 323 g/mol. The van der Waals surface area contributed by atoms with Gasteiger partial charge in [0.15, 0.2) is 0 Å². The molecular formula is C13H25NO4S2. The summed E-state index contributed by atoms with van der Waals surface area (Å²) in [5.74, 6) is 0. The van der Waals surface area contributed by atoms with Crippen LogP contribution in [0.5, 0.6) is 0 Å². The first kappa shape index (κ1) is 17.8. The fourth-order valence-electron chi connectivity index (χ4n) is 3.21.